The second kappa shape index (κ2) is 6.95. The summed E-state index contributed by atoms with van der Waals surface area (Å²) in [6.07, 6.45) is 2.16. The van der Waals surface area contributed by atoms with E-state index < -0.39 is 0 Å². The third-order valence-corrected chi connectivity index (χ3v) is 3.26. The van der Waals surface area contributed by atoms with Crippen molar-refractivity contribution in [2.24, 2.45) is 0 Å². The number of benzene rings is 1. The second-order valence-corrected chi connectivity index (χ2v) is 5.85. The molecule has 1 fully saturated rings. The third-order valence-electron chi connectivity index (χ3n) is 3.02. The van der Waals surface area contributed by atoms with E-state index >= 15 is 0 Å². The molecule has 0 bridgehead atoms. The van der Waals surface area contributed by atoms with Crippen LogP contribution in [0.5, 0.6) is 5.75 Å². The quantitative estimate of drug-likeness (QED) is 0.813. The highest BCUT2D eigenvalue weighted by atomic mass is 35.5. The molecule has 2 rings (SSSR count). The third kappa shape index (κ3) is 5.02. The molecule has 1 aromatic carbocycles. The van der Waals surface area contributed by atoms with Gasteiger partial charge in [0.05, 0.1) is 0 Å². The van der Waals surface area contributed by atoms with Gasteiger partial charge >= 0.3 is 0 Å². The highest BCUT2D eigenvalue weighted by molar-refractivity contribution is 6.30. The van der Waals surface area contributed by atoms with Crippen LogP contribution in [0.15, 0.2) is 18.2 Å². The van der Waals surface area contributed by atoms with E-state index in [2.05, 4.69) is 24.5 Å². The van der Waals surface area contributed by atoms with Crippen molar-refractivity contribution < 1.29 is 9.53 Å². The van der Waals surface area contributed by atoms with E-state index in [0.717, 1.165) is 18.4 Å². The Bertz CT molecular complexity index is 473. The van der Waals surface area contributed by atoms with Gasteiger partial charge in [0.1, 0.15) is 5.75 Å². The van der Waals surface area contributed by atoms with Gasteiger partial charge in [0, 0.05) is 29.2 Å². The summed E-state index contributed by atoms with van der Waals surface area (Å²) in [5, 5.41) is 6.89. The van der Waals surface area contributed by atoms with Crippen LogP contribution in [0.4, 0.5) is 0 Å². The van der Waals surface area contributed by atoms with E-state index in [1.165, 1.54) is 0 Å². The predicted octanol–water partition coefficient (Wildman–Crippen LogP) is 2.50. The molecule has 20 heavy (non-hydrogen) atoms. The zero-order valence-corrected chi connectivity index (χ0v) is 12.7. The Morgan fingerprint density at radius 2 is 2.20 bits per heavy atom. The van der Waals surface area contributed by atoms with Gasteiger partial charge < -0.3 is 15.4 Å². The van der Waals surface area contributed by atoms with E-state index in [4.69, 9.17) is 16.3 Å². The van der Waals surface area contributed by atoms with E-state index in [9.17, 15) is 4.79 Å². The summed E-state index contributed by atoms with van der Waals surface area (Å²) >= 11 is 6.01. The van der Waals surface area contributed by atoms with Gasteiger partial charge in [0.15, 0.2) is 6.61 Å². The standard InChI is InChI=1S/C15H21ClN2O2/c1-10(2)17-8-11-7-12(16)3-6-14(11)20-9-15(19)18-13-4-5-13/h3,6-7,10,13,17H,4-5,8-9H2,1-2H3,(H,18,19). The number of carbonyl (C=O) groups is 1. The van der Waals surface area contributed by atoms with Gasteiger partial charge in [-0.1, -0.05) is 25.4 Å². The van der Waals surface area contributed by atoms with Crippen LogP contribution in [0.1, 0.15) is 32.3 Å². The van der Waals surface area contributed by atoms with Crippen LogP contribution in [0.3, 0.4) is 0 Å². The van der Waals surface area contributed by atoms with Crippen LogP contribution < -0.4 is 15.4 Å². The van der Waals surface area contributed by atoms with E-state index in [-0.39, 0.29) is 12.5 Å². The van der Waals surface area contributed by atoms with Crippen LogP contribution in [-0.4, -0.2) is 24.6 Å². The fourth-order valence-electron chi connectivity index (χ4n) is 1.78. The van der Waals surface area contributed by atoms with Gasteiger partial charge in [-0.2, -0.15) is 0 Å². The lowest BCUT2D eigenvalue weighted by atomic mass is 10.2. The van der Waals surface area contributed by atoms with Gasteiger partial charge in [-0.15, -0.1) is 0 Å². The number of amides is 1. The predicted molar refractivity (Wildman–Crippen MR) is 80.1 cm³/mol. The molecule has 1 aromatic rings. The second-order valence-electron chi connectivity index (χ2n) is 5.42. The molecule has 0 aliphatic heterocycles. The van der Waals surface area contributed by atoms with Crippen molar-refractivity contribution in [1.82, 2.24) is 10.6 Å². The molecule has 2 N–H and O–H groups in total. The molecule has 1 aliphatic rings. The monoisotopic (exact) mass is 296 g/mol. The molecule has 1 aliphatic carbocycles. The first-order chi connectivity index (χ1) is 9.54. The van der Waals surface area contributed by atoms with Gasteiger partial charge in [-0.05, 0) is 31.0 Å². The van der Waals surface area contributed by atoms with Crippen molar-refractivity contribution >= 4 is 17.5 Å². The van der Waals surface area contributed by atoms with Gasteiger partial charge in [-0.25, -0.2) is 0 Å². The Labute approximate surface area is 124 Å². The topological polar surface area (TPSA) is 50.4 Å². The number of rotatable bonds is 7. The SMILES string of the molecule is CC(C)NCc1cc(Cl)ccc1OCC(=O)NC1CC1. The smallest absolute Gasteiger partial charge is 0.258 e. The molecule has 110 valence electrons. The van der Waals surface area contributed by atoms with Gasteiger partial charge in [0.25, 0.3) is 5.91 Å². The minimum Gasteiger partial charge on any atom is -0.483 e. The lowest BCUT2D eigenvalue weighted by molar-refractivity contribution is -0.123. The van der Waals surface area contributed by atoms with Gasteiger partial charge in [-0.3, -0.25) is 4.79 Å². The molecular weight excluding hydrogens is 276 g/mol. The molecular formula is C15H21ClN2O2. The minimum atomic E-state index is -0.0646. The zero-order valence-electron chi connectivity index (χ0n) is 11.9. The molecule has 0 aromatic heterocycles. The maximum atomic E-state index is 11.6. The van der Waals surface area contributed by atoms with Crippen LogP contribution in [-0.2, 0) is 11.3 Å². The lowest BCUT2D eigenvalue weighted by Gasteiger charge is -2.14. The highest BCUT2D eigenvalue weighted by Crippen LogP contribution is 2.23. The first kappa shape index (κ1) is 15.1. The fraction of sp³-hybridized carbons (Fsp3) is 0.533. The zero-order chi connectivity index (χ0) is 14.5. The molecule has 1 amide bonds. The molecule has 0 saturated heterocycles. The number of nitrogens with one attached hydrogen (secondary N) is 2. The summed E-state index contributed by atoms with van der Waals surface area (Å²) in [5.74, 6) is 0.638. The molecule has 5 heteroatoms. The average Bonchev–Trinajstić information content (AvgIpc) is 3.19. The largest absolute Gasteiger partial charge is 0.483 e. The number of ether oxygens (including phenoxy) is 1. The van der Waals surface area contributed by atoms with E-state index in [1.807, 2.05) is 12.1 Å². The number of carbonyl (C=O) groups excluding carboxylic acids is 1. The molecule has 0 atom stereocenters. The molecule has 0 heterocycles. The van der Waals surface area contributed by atoms with Gasteiger partial charge in [0.2, 0.25) is 0 Å². The van der Waals surface area contributed by atoms with Crippen molar-refractivity contribution in [2.45, 2.75) is 45.3 Å². The van der Waals surface area contributed by atoms with E-state index in [1.54, 1.807) is 6.07 Å². The normalized spacial score (nSPS) is 14.4. The Morgan fingerprint density at radius 3 is 2.85 bits per heavy atom. The number of halogens is 1. The molecule has 0 spiro atoms. The minimum absolute atomic E-state index is 0.0484. The van der Waals surface area contributed by atoms with Crippen LogP contribution in [0.2, 0.25) is 5.02 Å². The number of hydrogen-bond acceptors (Lipinski definition) is 3. The summed E-state index contributed by atoms with van der Waals surface area (Å²) in [4.78, 5) is 11.6. The van der Waals surface area contributed by atoms with Crippen molar-refractivity contribution in [3.05, 3.63) is 28.8 Å². The highest BCUT2D eigenvalue weighted by Gasteiger charge is 2.23. The Balaban J connectivity index is 1.92. The molecule has 1 saturated carbocycles. The van der Waals surface area contributed by atoms with Crippen LogP contribution >= 0.6 is 11.6 Å². The fourth-order valence-corrected chi connectivity index (χ4v) is 1.98. The van der Waals surface area contributed by atoms with Crippen molar-refractivity contribution in [3.8, 4) is 5.75 Å². The first-order valence-electron chi connectivity index (χ1n) is 6.98. The Hall–Kier alpha value is -1.26. The first-order valence-corrected chi connectivity index (χ1v) is 7.36. The number of hydrogen-bond donors (Lipinski definition) is 2. The summed E-state index contributed by atoms with van der Waals surface area (Å²) in [6, 6.07) is 6.18. The summed E-state index contributed by atoms with van der Waals surface area (Å²) in [5.41, 5.74) is 0.963. The molecule has 0 unspecified atom stereocenters. The summed E-state index contributed by atoms with van der Waals surface area (Å²) in [6.45, 7) is 4.87. The van der Waals surface area contributed by atoms with Crippen molar-refractivity contribution in [1.29, 1.82) is 0 Å². The summed E-state index contributed by atoms with van der Waals surface area (Å²) < 4.78 is 5.60. The van der Waals surface area contributed by atoms with E-state index in [0.29, 0.717) is 29.4 Å². The molecule has 4 nitrogen and oxygen atoms in total. The molecule has 0 radical (unpaired) electrons. The average molecular weight is 297 g/mol. The van der Waals surface area contributed by atoms with Crippen molar-refractivity contribution in [3.63, 3.8) is 0 Å². The van der Waals surface area contributed by atoms with Crippen molar-refractivity contribution in [2.75, 3.05) is 6.61 Å². The summed E-state index contributed by atoms with van der Waals surface area (Å²) in [7, 11) is 0. The maximum absolute atomic E-state index is 11.6. The lowest BCUT2D eigenvalue weighted by Crippen LogP contribution is -2.30. The Morgan fingerprint density at radius 1 is 1.45 bits per heavy atom. The van der Waals surface area contributed by atoms with Crippen LogP contribution in [0, 0.1) is 0 Å². The Kier molecular flexibility index (Phi) is 5.26. The van der Waals surface area contributed by atoms with Crippen LogP contribution in [0.25, 0.3) is 0 Å². The maximum Gasteiger partial charge on any atom is 0.258 e.